The molecule has 7 heteroatoms. The minimum Gasteiger partial charge on any atom is -0.507 e. The van der Waals surface area contributed by atoms with Crippen molar-refractivity contribution in [1.29, 1.82) is 0 Å². The standard InChI is InChI=1S/C23H28N4O3/c1-24-11-9-13-19-16(5-4-6-18(19)28)25-21(13)15-7-8-17-20(22(15)29)14(23(30)26-17)10-12-27(2)3/h4-8,24-26,28-30H,9-12H2,1-3H3. The van der Waals surface area contributed by atoms with Crippen molar-refractivity contribution < 1.29 is 15.3 Å². The van der Waals surface area contributed by atoms with Gasteiger partial charge in [0.2, 0.25) is 0 Å². The van der Waals surface area contributed by atoms with E-state index >= 15 is 0 Å². The van der Waals surface area contributed by atoms with Gasteiger partial charge in [-0.3, -0.25) is 0 Å². The number of nitrogens with one attached hydrogen (secondary N) is 3. The van der Waals surface area contributed by atoms with Crippen LogP contribution in [0.15, 0.2) is 30.3 Å². The molecule has 0 aliphatic rings. The van der Waals surface area contributed by atoms with Gasteiger partial charge in [0.25, 0.3) is 0 Å². The molecule has 7 nitrogen and oxygen atoms in total. The van der Waals surface area contributed by atoms with E-state index in [0.29, 0.717) is 34.9 Å². The van der Waals surface area contributed by atoms with Crippen molar-refractivity contribution in [2.45, 2.75) is 12.8 Å². The van der Waals surface area contributed by atoms with Crippen LogP contribution in [0.5, 0.6) is 17.4 Å². The van der Waals surface area contributed by atoms with Gasteiger partial charge in [0.05, 0.1) is 11.2 Å². The SMILES string of the molecule is CNCCc1c(-c2ccc3[nH]c(O)c(CCN(C)C)c3c2O)[nH]c2cccc(O)c12. The number of aromatic amines is 2. The predicted molar refractivity (Wildman–Crippen MR) is 120 cm³/mol. The molecule has 0 spiro atoms. The van der Waals surface area contributed by atoms with Gasteiger partial charge in [-0.2, -0.15) is 0 Å². The van der Waals surface area contributed by atoms with Gasteiger partial charge in [-0.15, -0.1) is 0 Å². The molecule has 2 aromatic heterocycles. The third-order valence-corrected chi connectivity index (χ3v) is 5.63. The highest BCUT2D eigenvalue weighted by atomic mass is 16.3. The molecule has 4 rings (SSSR count). The van der Waals surface area contributed by atoms with Crippen LogP contribution in [0.4, 0.5) is 0 Å². The monoisotopic (exact) mass is 408 g/mol. The summed E-state index contributed by atoms with van der Waals surface area (Å²) < 4.78 is 0. The van der Waals surface area contributed by atoms with Gasteiger partial charge in [-0.1, -0.05) is 6.07 Å². The number of aromatic nitrogens is 2. The van der Waals surface area contributed by atoms with Gasteiger partial charge >= 0.3 is 0 Å². The maximum atomic E-state index is 11.3. The van der Waals surface area contributed by atoms with E-state index < -0.39 is 0 Å². The minimum absolute atomic E-state index is 0.0870. The molecule has 0 aliphatic carbocycles. The number of aromatic hydroxyl groups is 3. The van der Waals surface area contributed by atoms with E-state index in [4.69, 9.17) is 0 Å². The average molecular weight is 409 g/mol. The Balaban J connectivity index is 1.93. The first-order valence-electron chi connectivity index (χ1n) is 10.1. The summed E-state index contributed by atoms with van der Waals surface area (Å²) in [6.45, 7) is 1.48. The van der Waals surface area contributed by atoms with E-state index in [1.54, 1.807) is 12.1 Å². The van der Waals surface area contributed by atoms with Crippen molar-refractivity contribution in [3.05, 3.63) is 41.5 Å². The highest BCUT2D eigenvalue weighted by Crippen LogP contribution is 2.44. The van der Waals surface area contributed by atoms with Crippen LogP contribution in [0.1, 0.15) is 11.1 Å². The molecule has 4 aromatic rings. The molecule has 0 amide bonds. The third-order valence-electron chi connectivity index (χ3n) is 5.63. The maximum absolute atomic E-state index is 11.3. The van der Waals surface area contributed by atoms with Crippen LogP contribution in [-0.2, 0) is 12.8 Å². The van der Waals surface area contributed by atoms with Gasteiger partial charge in [-0.25, -0.2) is 0 Å². The predicted octanol–water partition coefficient (Wildman–Crippen LogP) is 3.30. The molecule has 0 saturated carbocycles. The molecule has 0 saturated heterocycles. The molecule has 158 valence electrons. The minimum atomic E-state index is 0.0870. The van der Waals surface area contributed by atoms with E-state index in [-0.39, 0.29) is 17.4 Å². The van der Waals surface area contributed by atoms with Crippen molar-refractivity contribution in [2.24, 2.45) is 0 Å². The topological polar surface area (TPSA) is 108 Å². The van der Waals surface area contributed by atoms with Crippen LogP contribution in [0, 0.1) is 0 Å². The molecule has 0 bridgehead atoms. The Morgan fingerprint density at radius 1 is 0.900 bits per heavy atom. The zero-order valence-electron chi connectivity index (χ0n) is 17.5. The number of rotatable bonds is 7. The number of phenolic OH excluding ortho intramolecular Hbond substituents is 2. The lowest BCUT2D eigenvalue weighted by Crippen LogP contribution is -2.14. The summed E-state index contributed by atoms with van der Waals surface area (Å²) in [6.07, 6.45) is 1.29. The summed E-state index contributed by atoms with van der Waals surface area (Å²) in [4.78, 5) is 8.39. The second-order valence-electron chi connectivity index (χ2n) is 7.92. The van der Waals surface area contributed by atoms with Crippen LogP contribution in [0.3, 0.4) is 0 Å². The normalized spacial score (nSPS) is 11.9. The van der Waals surface area contributed by atoms with Crippen LogP contribution >= 0.6 is 0 Å². The molecule has 0 atom stereocenters. The van der Waals surface area contributed by atoms with Crippen molar-refractivity contribution in [2.75, 3.05) is 34.2 Å². The van der Waals surface area contributed by atoms with Gasteiger partial charge in [0, 0.05) is 34.0 Å². The Morgan fingerprint density at radius 3 is 2.40 bits per heavy atom. The summed E-state index contributed by atoms with van der Waals surface area (Å²) in [5, 5.41) is 36.7. The van der Waals surface area contributed by atoms with Crippen molar-refractivity contribution in [1.82, 2.24) is 20.2 Å². The Labute approximate surface area is 175 Å². The molecule has 0 aliphatic heterocycles. The highest BCUT2D eigenvalue weighted by molar-refractivity contribution is 6.01. The number of likely N-dealkylation sites (N-methyl/N-ethyl adjacent to an activating group) is 2. The Kier molecular flexibility index (Phi) is 5.32. The Hall–Kier alpha value is -3.16. The summed E-state index contributed by atoms with van der Waals surface area (Å²) >= 11 is 0. The first-order chi connectivity index (χ1) is 14.4. The van der Waals surface area contributed by atoms with Gasteiger partial charge in [0.15, 0.2) is 5.88 Å². The van der Waals surface area contributed by atoms with E-state index in [9.17, 15) is 15.3 Å². The number of nitrogens with zero attached hydrogens (tertiary/aromatic N) is 1. The third kappa shape index (κ3) is 3.36. The highest BCUT2D eigenvalue weighted by Gasteiger charge is 2.22. The first-order valence-corrected chi connectivity index (χ1v) is 10.1. The molecule has 2 aromatic carbocycles. The first kappa shape index (κ1) is 20.1. The summed E-state index contributed by atoms with van der Waals surface area (Å²) in [7, 11) is 5.84. The number of hydrogen-bond acceptors (Lipinski definition) is 5. The fourth-order valence-electron chi connectivity index (χ4n) is 4.13. The lowest BCUT2D eigenvalue weighted by Gasteiger charge is -2.11. The molecule has 30 heavy (non-hydrogen) atoms. The summed E-state index contributed by atoms with van der Waals surface area (Å²) in [5.41, 5.74) is 4.59. The number of fused-ring (bicyclic) bond motifs is 2. The lowest BCUT2D eigenvalue weighted by molar-refractivity contribution is 0.404. The fourth-order valence-corrected chi connectivity index (χ4v) is 4.13. The van der Waals surface area contributed by atoms with Crippen molar-refractivity contribution in [3.8, 4) is 28.6 Å². The molecule has 2 heterocycles. The van der Waals surface area contributed by atoms with Crippen LogP contribution in [0.2, 0.25) is 0 Å². The molecule has 0 unspecified atom stereocenters. The fraction of sp³-hybridized carbons (Fsp3) is 0.304. The van der Waals surface area contributed by atoms with Crippen LogP contribution < -0.4 is 5.32 Å². The molecule has 0 fully saturated rings. The second-order valence-corrected chi connectivity index (χ2v) is 7.92. The molecule has 0 radical (unpaired) electrons. The largest absolute Gasteiger partial charge is 0.507 e. The summed E-state index contributed by atoms with van der Waals surface area (Å²) in [6, 6.07) is 9.11. The lowest BCUT2D eigenvalue weighted by atomic mass is 9.98. The Bertz CT molecular complexity index is 1210. The molecular formula is C23H28N4O3. The number of phenols is 2. The van der Waals surface area contributed by atoms with E-state index in [1.807, 2.05) is 44.2 Å². The average Bonchev–Trinajstić information content (AvgIpc) is 3.23. The van der Waals surface area contributed by atoms with Crippen molar-refractivity contribution >= 4 is 21.8 Å². The Morgan fingerprint density at radius 2 is 1.67 bits per heavy atom. The molecular weight excluding hydrogens is 380 g/mol. The molecule has 6 N–H and O–H groups in total. The van der Waals surface area contributed by atoms with Crippen LogP contribution in [0.25, 0.3) is 33.1 Å². The number of hydrogen-bond donors (Lipinski definition) is 6. The summed E-state index contributed by atoms with van der Waals surface area (Å²) in [5.74, 6) is 0.422. The van der Waals surface area contributed by atoms with Gasteiger partial charge < -0.3 is 35.5 Å². The zero-order chi connectivity index (χ0) is 21.4. The van der Waals surface area contributed by atoms with Gasteiger partial charge in [-0.05, 0) is 70.4 Å². The number of benzene rings is 2. The van der Waals surface area contributed by atoms with Crippen molar-refractivity contribution in [3.63, 3.8) is 0 Å². The maximum Gasteiger partial charge on any atom is 0.192 e. The zero-order valence-corrected chi connectivity index (χ0v) is 17.5. The smallest absolute Gasteiger partial charge is 0.192 e. The quantitative estimate of drug-likeness (QED) is 0.281. The van der Waals surface area contributed by atoms with Crippen LogP contribution in [-0.4, -0.2) is 64.4 Å². The van der Waals surface area contributed by atoms with E-state index in [2.05, 4.69) is 15.3 Å². The second kappa shape index (κ2) is 7.93. The van der Waals surface area contributed by atoms with Gasteiger partial charge in [0.1, 0.15) is 11.5 Å². The number of H-pyrrole nitrogens is 2. The van der Waals surface area contributed by atoms with E-state index in [1.165, 1.54) is 0 Å². The van der Waals surface area contributed by atoms with E-state index in [0.717, 1.165) is 35.2 Å².